The highest BCUT2D eigenvalue weighted by Crippen LogP contribution is 2.31. The van der Waals surface area contributed by atoms with Gasteiger partial charge in [0.25, 0.3) is 5.56 Å². The smallest absolute Gasteiger partial charge is 0.423 e. The van der Waals surface area contributed by atoms with Gasteiger partial charge in [-0.15, -0.1) is 0 Å². The van der Waals surface area contributed by atoms with Crippen LogP contribution in [0.25, 0.3) is 0 Å². The maximum absolute atomic E-state index is 13.0. The molecule has 0 radical (unpaired) electrons. The second-order valence-corrected chi connectivity index (χ2v) is 9.32. The van der Waals surface area contributed by atoms with E-state index in [2.05, 4.69) is 21.6 Å². The molecule has 0 saturated carbocycles. The number of alkyl halides is 3. The molecule has 0 aliphatic carbocycles. The fourth-order valence-corrected chi connectivity index (χ4v) is 5.00. The number of anilines is 1. The van der Waals surface area contributed by atoms with Crippen molar-refractivity contribution in [1.29, 1.82) is 0 Å². The Hall–Kier alpha value is -3.00. The fourth-order valence-electron chi connectivity index (χ4n) is 4.01. The third-order valence-corrected chi connectivity index (χ3v) is 6.65. The van der Waals surface area contributed by atoms with Crippen molar-refractivity contribution in [2.24, 2.45) is 0 Å². The summed E-state index contributed by atoms with van der Waals surface area (Å²) in [5.74, 6) is 1.63. The molecule has 1 saturated heterocycles. The number of hydrogen-bond acceptors (Lipinski definition) is 8. The van der Waals surface area contributed by atoms with E-state index in [0.717, 1.165) is 17.8 Å². The Morgan fingerprint density at radius 2 is 2.24 bits per heavy atom. The number of H-pyrrole nitrogens is 1. The van der Waals surface area contributed by atoms with Gasteiger partial charge in [-0.2, -0.15) is 18.3 Å². The van der Waals surface area contributed by atoms with Crippen molar-refractivity contribution in [2.75, 3.05) is 58.2 Å². The summed E-state index contributed by atoms with van der Waals surface area (Å²) in [6.07, 6.45) is -1.79. The zero-order chi connectivity index (χ0) is 24.9. The fraction of sp³-hybridized carbons (Fsp3) is 0.550. The zero-order valence-corrected chi connectivity index (χ0v) is 20.6. The summed E-state index contributed by atoms with van der Waals surface area (Å²) in [5.41, 5.74) is -2.96. The number of amides is 1. The van der Waals surface area contributed by atoms with Gasteiger partial charge in [-0.1, -0.05) is 6.58 Å². The number of rotatable bonds is 9. The molecule has 2 aliphatic heterocycles. The Bertz CT molecular complexity index is 984. The summed E-state index contributed by atoms with van der Waals surface area (Å²) < 4.78 is 50.4. The second-order valence-electron chi connectivity index (χ2n) is 8.06. The summed E-state index contributed by atoms with van der Waals surface area (Å²) in [7, 11) is 2.56. The van der Waals surface area contributed by atoms with Crippen LogP contribution in [-0.2, 0) is 20.4 Å². The molecule has 0 bridgehead atoms. The number of ether oxygens (including phenoxy) is 2. The van der Waals surface area contributed by atoms with Crippen molar-refractivity contribution in [2.45, 2.75) is 18.6 Å². The Balaban J connectivity index is 1.42. The molecule has 14 heteroatoms. The highest BCUT2D eigenvalue weighted by Gasteiger charge is 2.37. The van der Waals surface area contributed by atoms with E-state index in [4.69, 9.17) is 9.47 Å². The molecule has 1 unspecified atom stereocenters. The lowest BCUT2D eigenvalue weighted by Crippen LogP contribution is -2.59. The van der Waals surface area contributed by atoms with Gasteiger partial charge in [0.15, 0.2) is 5.76 Å². The largest absolute Gasteiger partial charge is 0.488 e. The molecule has 34 heavy (non-hydrogen) atoms. The first-order valence-electron chi connectivity index (χ1n) is 10.8. The molecular weight excluding hydrogens is 473 g/mol. The van der Waals surface area contributed by atoms with E-state index in [1.165, 1.54) is 0 Å². The van der Waals surface area contributed by atoms with Crippen LogP contribution < -0.4 is 10.5 Å². The number of hydrogen-bond donors (Lipinski definition) is 2. The first-order valence-corrected chi connectivity index (χ1v) is 12.5. The number of halogens is 3. The third-order valence-electron chi connectivity index (χ3n) is 5.53. The van der Waals surface area contributed by atoms with Gasteiger partial charge in [0, 0.05) is 33.7 Å². The predicted octanol–water partition coefficient (Wildman–Crippen LogP) is 0.108. The van der Waals surface area contributed by atoms with Crippen LogP contribution >= 0.6 is 0 Å². The van der Waals surface area contributed by atoms with Crippen molar-refractivity contribution < 1.29 is 27.4 Å². The molecule has 0 aromatic carbocycles. The van der Waals surface area contributed by atoms with Crippen LogP contribution in [0.15, 0.2) is 35.2 Å². The Kier molecular flexibility index (Phi) is 8.25. The van der Waals surface area contributed by atoms with E-state index in [9.17, 15) is 22.8 Å². The van der Waals surface area contributed by atoms with Gasteiger partial charge < -0.3 is 29.2 Å². The standard InChI is InChI=1S/C20H29F3N6O4Si/c1-4-15-19(27(2)3)29-7-6-28(10-13(29)11-33-15)16(30)5-8-32-12-34-26-14-9-24-25-18(31)17(14)20(21,22)23/h4,9,13H,1,5-8,10-12,34H2,2-3H3,(H2,25,26,31). The lowest BCUT2D eigenvalue weighted by Gasteiger charge is -2.47. The average Bonchev–Trinajstić information content (AvgIpc) is 2.78. The minimum Gasteiger partial charge on any atom is -0.488 e. The predicted molar refractivity (Wildman–Crippen MR) is 121 cm³/mol. The van der Waals surface area contributed by atoms with Crippen LogP contribution in [0, 0.1) is 0 Å². The zero-order valence-electron chi connectivity index (χ0n) is 19.2. The van der Waals surface area contributed by atoms with Gasteiger partial charge in [0.05, 0.1) is 37.2 Å². The van der Waals surface area contributed by atoms with Crippen LogP contribution in [-0.4, -0.2) is 99.7 Å². The Morgan fingerprint density at radius 1 is 1.47 bits per heavy atom. The number of carbonyl (C=O) groups is 1. The van der Waals surface area contributed by atoms with Gasteiger partial charge in [0.2, 0.25) is 5.91 Å². The molecule has 1 fully saturated rings. The van der Waals surface area contributed by atoms with Crippen molar-refractivity contribution in [3.63, 3.8) is 0 Å². The molecule has 2 N–H and O–H groups in total. The first-order chi connectivity index (χ1) is 16.1. The number of nitrogens with zero attached hydrogens (tertiary/aromatic N) is 4. The molecule has 1 atom stereocenters. The molecule has 1 aromatic heterocycles. The van der Waals surface area contributed by atoms with Crippen LogP contribution in [0.5, 0.6) is 0 Å². The Labute approximate surface area is 197 Å². The number of allylic oxidation sites excluding steroid dienone is 1. The maximum atomic E-state index is 13.0. The number of carbonyl (C=O) groups excluding carboxylic acids is 1. The van der Waals surface area contributed by atoms with Crippen LogP contribution in [0.1, 0.15) is 12.0 Å². The van der Waals surface area contributed by atoms with E-state index in [0.29, 0.717) is 26.2 Å². The Morgan fingerprint density at radius 3 is 2.91 bits per heavy atom. The van der Waals surface area contributed by atoms with E-state index in [1.807, 2.05) is 19.0 Å². The summed E-state index contributed by atoms with van der Waals surface area (Å²) in [6, 6.07) is 0.0433. The number of nitrogens with one attached hydrogen (secondary N) is 2. The van der Waals surface area contributed by atoms with Crippen LogP contribution in [0.3, 0.4) is 0 Å². The second kappa shape index (κ2) is 10.9. The molecule has 3 rings (SSSR count). The lowest BCUT2D eigenvalue weighted by molar-refractivity contribution is -0.138. The average molecular weight is 503 g/mol. The van der Waals surface area contributed by atoms with Crippen molar-refractivity contribution in [1.82, 2.24) is 24.9 Å². The highest BCUT2D eigenvalue weighted by molar-refractivity contribution is 6.40. The minimum absolute atomic E-state index is 0.0433. The normalized spacial score (nSPS) is 18.7. The van der Waals surface area contributed by atoms with Gasteiger partial charge in [-0.3, -0.25) is 9.59 Å². The number of piperazine rings is 1. The first kappa shape index (κ1) is 25.6. The van der Waals surface area contributed by atoms with Crippen molar-refractivity contribution in [3.05, 3.63) is 46.3 Å². The summed E-state index contributed by atoms with van der Waals surface area (Å²) in [4.78, 5) is 32.7. The van der Waals surface area contributed by atoms with E-state index >= 15 is 0 Å². The summed E-state index contributed by atoms with van der Waals surface area (Å²) in [6.45, 7) is 6.22. The van der Waals surface area contributed by atoms with Gasteiger partial charge in [0.1, 0.15) is 27.7 Å². The molecule has 188 valence electrons. The third kappa shape index (κ3) is 5.91. The SMILES string of the molecule is C=CC1=C(N(C)C)N2CCN(C(=O)CCOC[SiH2]Nc3cn[nH]c(=O)c3C(F)(F)F)CC2CO1. The molecule has 10 nitrogen and oxygen atoms in total. The minimum atomic E-state index is -4.79. The molecule has 3 heterocycles. The quantitative estimate of drug-likeness (QED) is 0.362. The number of aromatic amines is 1. The van der Waals surface area contributed by atoms with Crippen molar-refractivity contribution >= 4 is 21.3 Å². The van der Waals surface area contributed by atoms with E-state index in [1.54, 1.807) is 16.1 Å². The monoisotopic (exact) mass is 502 g/mol. The van der Waals surface area contributed by atoms with Gasteiger partial charge in [-0.25, -0.2) is 5.10 Å². The molecule has 1 aromatic rings. The molecule has 1 amide bonds. The summed E-state index contributed by atoms with van der Waals surface area (Å²) >= 11 is 0. The number of fused-ring (bicyclic) bond motifs is 1. The molecule has 2 aliphatic rings. The van der Waals surface area contributed by atoms with E-state index < -0.39 is 27.0 Å². The van der Waals surface area contributed by atoms with Gasteiger partial charge in [-0.05, 0) is 6.08 Å². The highest BCUT2D eigenvalue weighted by atomic mass is 28.2. The lowest BCUT2D eigenvalue weighted by atomic mass is 10.1. The van der Waals surface area contributed by atoms with Crippen LogP contribution in [0.2, 0.25) is 0 Å². The van der Waals surface area contributed by atoms with Crippen molar-refractivity contribution in [3.8, 4) is 0 Å². The van der Waals surface area contributed by atoms with Crippen LogP contribution in [0.4, 0.5) is 18.9 Å². The van der Waals surface area contributed by atoms with Gasteiger partial charge >= 0.3 is 6.18 Å². The summed E-state index contributed by atoms with van der Waals surface area (Å²) in [5, 5.41) is 5.20. The number of aromatic nitrogens is 2. The molecule has 0 spiro atoms. The molecular formula is C20H29F3N6O4Si. The maximum Gasteiger partial charge on any atom is 0.423 e. The van der Waals surface area contributed by atoms with E-state index in [-0.39, 0.29) is 36.9 Å². The topological polar surface area (TPSA) is 103 Å².